The Morgan fingerprint density at radius 1 is 0.472 bits per heavy atom. The number of amides is 4. The van der Waals surface area contributed by atoms with Crippen molar-refractivity contribution in [1.29, 1.82) is 0 Å². The molecule has 0 spiro atoms. The number of ether oxygens (including phenoxy) is 4. The van der Waals surface area contributed by atoms with Gasteiger partial charge in [-0.15, -0.1) is 0 Å². The zero-order valence-corrected chi connectivity index (χ0v) is 23.5. The van der Waals surface area contributed by atoms with Crippen LogP contribution in [0.15, 0.2) is 24.3 Å². The summed E-state index contributed by atoms with van der Waals surface area (Å²) in [6.45, 7) is 19.6. The van der Waals surface area contributed by atoms with Crippen LogP contribution in [0.1, 0.15) is 83.1 Å². The van der Waals surface area contributed by atoms with E-state index in [-0.39, 0.29) is 11.4 Å². The highest BCUT2D eigenvalue weighted by Gasteiger charge is 2.39. The average molecular weight is 509 g/mol. The maximum absolute atomic E-state index is 13.2. The lowest BCUT2D eigenvalue weighted by Gasteiger charge is -2.32. The number of carbonyl (C=O) groups excluding carboxylic acids is 4. The van der Waals surface area contributed by atoms with Gasteiger partial charge in [0.05, 0.1) is 11.4 Å². The van der Waals surface area contributed by atoms with E-state index in [1.807, 2.05) is 0 Å². The summed E-state index contributed by atoms with van der Waals surface area (Å²) in [6.07, 6.45) is -4.23. The topological polar surface area (TPSA) is 112 Å². The highest BCUT2D eigenvalue weighted by atomic mass is 16.6. The van der Waals surface area contributed by atoms with E-state index in [9.17, 15) is 19.2 Å². The lowest BCUT2D eigenvalue weighted by molar-refractivity contribution is 0.0398. The quantitative estimate of drug-likeness (QED) is 0.391. The Morgan fingerprint density at radius 2 is 0.667 bits per heavy atom. The third kappa shape index (κ3) is 10.1. The second-order valence-electron chi connectivity index (χ2n) is 12.1. The molecule has 0 saturated heterocycles. The lowest BCUT2D eigenvalue weighted by atomic mass is 10.2. The van der Waals surface area contributed by atoms with Gasteiger partial charge < -0.3 is 18.9 Å². The maximum atomic E-state index is 13.2. The molecule has 0 radical (unpaired) electrons. The molecule has 0 fully saturated rings. The van der Waals surface area contributed by atoms with Crippen LogP contribution in [0.4, 0.5) is 30.6 Å². The van der Waals surface area contributed by atoms with E-state index in [0.29, 0.717) is 9.80 Å². The molecule has 0 bridgehead atoms. The van der Waals surface area contributed by atoms with Crippen molar-refractivity contribution in [2.75, 3.05) is 9.80 Å². The molecule has 0 N–H and O–H groups in total. The minimum Gasteiger partial charge on any atom is -0.443 e. The third-order valence-corrected chi connectivity index (χ3v) is 3.67. The van der Waals surface area contributed by atoms with Gasteiger partial charge in [-0.3, -0.25) is 0 Å². The molecule has 1 rings (SSSR count). The normalized spacial score (nSPS) is 12.3. The molecule has 0 saturated carbocycles. The molecule has 10 heteroatoms. The number of hydrogen-bond acceptors (Lipinski definition) is 8. The molecule has 10 nitrogen and oxygen atoms in total. The summed E-state index contributed by atoms with van der Waals surface area (Å²) >= 11 is 0. The Hall–Kier alpha value is -3.30. The molecule has 0 aromatic heterocycles. The van der Waals surface area contributed by atoms with Gasteiger partial charge in [0.1, 0.15) is 22.4 Å². The minimum absolute atomic E-state index is 0.141. The second-order valence-corrected chi connectivity index (χ2v) is 12.1. The predicted molar refractivity (Wildman–Crippen MR) is 136 cm³/mol. The largest absolute Gasteiger partial charge is 0.443 e. The molecule has 36 heavy (non-hydrogen) atoms. The minimum atomic E-state index is -1.06. The zero-order chi connectivity index (χ0) is 28.3. The maximum Gasteiger partial charge on any atom is 0.424 e. The van der Waals surface area contributed by atoms with Gasteiger partial charge in [0.25, 0.3) is 0 Å². The summed E-state index contributed by atoms with van der Waals surface area (Å²) in [4.78, 5) is 54.1. The fourth-order valence-electron chi connectivity index (χ4n) is 2.62. The average Bonchev–Trinajstić information content (AvgIpc) is 2.57. The Balaban J connectivity index is 3.79. The van der Waals surface area contributed by atoms with Gasteiger partial charge in [-0.1, -0.05) is 12.1 Å². The summed E-state index contributed by atoms with van der Waals surface area (Å²) in [5, 5.41) is 0. The molecule has 4 amide bonds. The fraction of sp³-hybridized carbons (Fsp3) is 0.615. The van der Waals surface area contributed by atoms with Crippen molar-refractivity contribution >= 4 is 35.7 Å². The van der Waals surface area contributed by atoms with Crippen LogP contribution in [0.2, 0.25) is 0 Å². The monoisotopic (exact) mass is 508 g/mol. The molecule has 0 aliphatic rings. The summed E-state index contributed by atoms with van der Waals surface area (Å²) < 4.78 is 21.8. The van der Waals surface area contributed by atoms with Gasteiger partial charge in [-0.2, -0.15) is 9.80 Å². The number of rotatable bonds is 2. The van der Waals surface area contributed by atoms with Crippen LogP contribution in [-0.2, 0) is 18.9 Å². The van der Waals surface area contributed by atoms with Crippen LogP contribution in [0.5, 0.6) is 0 Å². The van der Waals surface area contributed by atoms with E-state index in [2.05, 4.69) is 0 Å². The van der Waals surface area contributed by atoms with Crippen LogP contribution in [0.25, 0.3) is 0 Å². The van der Waals surface area contributed by atoms with Crippen LogP contribution in [-0.4, -0.2) is 46.8 Å². The zero-order valence-electron chi connectivity index (χ0n) is 23.5. The Bertz CT molecular complexity index is 840. The number of anilines is 2. The van der Waals surface area contributed by atoms with Crippen molar-refractivity contribution in [1.82, 2.24) is 0 Å². The molecule has 1 aromatic rings. The summed E-state index contributed by atoms with van der Waals surface area (Å²) in [6, 6.07) is 5.82. The SMILES string of the molecule is CC(C)(C)OC(=O)N(C(=O)OC(C)(C)C)c1ccccc1N(C(=O)OC(C)(C)C)C(=O)OC(C)(C)C. The van der Waals surface area contributed by atoms with Gasteiger partial charge in [-0.25, -0.2) is 19.2 Å². The number of para-hydroxylation sites is 2. The van der Waals surface area contributed by atoms with Crippen LogP contribution in [0, 0.1) is 0 Å². The number of nitrogens with zero attached hydrogens (tertiary/aromatic N) is 2. The molecule has 0 unspecified atom stereocenters. The van der Waals surface area contributed by atoms with Gasteiger partial charge >= 0.3 is 24.4 Å². The van der Waals surface area contributed by atoms with Crippen molar-refractivity contribution in [3.63, 3.8) is 0 Å². The number of imide groups is 2. The molecular formula is C26H40N2O8. The first kappa shape index (κ1) is 30.7. The van der Waals surface area contributed by atoms with Gasteiger partial charge in [0.15, 0.2) is 0 Å². The van der Waals surface area contributed by atoms with Crippen molar-refractivity contribution in [3.05, 3.63) is 24.3 Å². The highest BCUT2D eigenvalue weighted by molar-refractivity contribution is 6.17. The highest BCUT2D eigenvalue weighted by Crippen LogP contribution is 2.34. The Labute approximate surface area is 213 Å². The molecule has 1 aromatic carbocycles. The fourth-order valence-corrected chi connectivity index (χ4v) is 2.62. The molecule has 0 atom stereocenters. The van der Waals surface area contributed by atoms with Crippen LogP contribution in [0.3, 0.4) is 0 Å². The molecule has 202 valence electrons. The van der Waals surface area contributed by atoms with Gasteiger partial charge in [0, 0.05) is 0 Å². The number of benzene rings is 1. The molecule has 0 aliphatic carbocycles. The van der Waals surface area contributed by atoms with Crippen molar-refractivity contribution in [3.8, 4) is 0 Å². The van der Waals surface area contributed by atoms with E-state index in [1.54, 1.807) is 83.1 Å². The number of carbonyl (C=O) groups is 4. The van der Waals surface area contributed by atoms with E-state index in [4.69, 9.17) is 18.9 Å². The van der Waals surface area contributed by atoms with Crippen LogP contribution >= 0.6 is 0 Å². The first-order valence-corrected chi connectivity index (χ1v) is 11.6. The van der Waals surface area contributed by atoms with E-state index in [1.165, 1.54) is 24.3 Å². The number of hydrogen-bond donors (Lipinski definition) is 0. The van der Waals surface area contributed by atoms with E-state index in [0.717, 1.165) is 0 Å². The van der Waals surface area contributed by atoms with E-state index < -0.39 is 46.8 Å². The third-order valence-electron chi connectivity index (χ3n) is 3.67. The Kier molecular flexibility index (Phi) is 9.18. The summed E-state index contributed by atoms with van der Waals surface area (Å²) in [5.74, 6) is 0. The smallest absolute Gasteiger partial charge is 0.424 e. The predicted octanol–water partition coefficient (Wildman–Crippen LogP) is 7.04. The van der Waals surface area contributed by atoms with Gasteiger partial charge in [0.2, 0.25) is 0 Å². The molecule has 0 heterocycles. The Morgan fingerprint density at radius 3 is 0.833 bits per heavy atom. The first-order valence-electron chi connectivity index (χ1n) is 11.6. The molecular weight excluding hydrogens is 468 g/mol. The summed E-state index contributed by atoms with van der Waals surface area (Å²) in [5.41, 5.74) is -4.11. The lowest BCUT2D eigenvalue weighted by Crippen LogP contribution is -2.47. The van der Waals surface area contributed by atoms with Crippen molar-refractivity contribution < 1.29 is 38.1 Å². The second kappa shape index (κ2) is 10.8. The summed E-state index contributed by atoms with van der Waals surface area (Å²) in [7, 11) is 0. The standard InChI is InChI=1S/C26H40N2O8/c1-23(2,3)33-19(29)27(20(30)34-24(4,5)6)17-15-13-14-16-18(17)28(21(31)35-25(7,8)9)22(32)36-26(10,11)12/h13-16H,1-12H3. The van der Waals surface area contributed by atoms with Crippen molar-refractivity contribution in [2.45, 2.75) is 105 Å². The first-order chi connectivity index (χ1) is 16.0. The molecule has 0 aliphatic heterocycles. The van der Waals surface area contributed by atoms with E-state index >= 15 is 0 Å². The van der Waals surface area contributed by atoms with Gasteiger partial charge in [-0.05, 0) is 95.2 Å². The van der Waals surface area contributed by atoms with Crippen LogP contribution < -0.4 is 9.80 Å². The van der Waals surface area contributed by atoms with Crippen molar-refractivity contribution in [2.24, 2.45) is 0 Å².